The lowest BCUT2D eigenvalue weighted by Gasteiger charge is -2.18. The second-order valence-corrected chi connectivity index (χ2v) is 5.84. The molecule has 0 aliphatic rings. The minimum absolute atomic E-state index is 0.287. The number of hydrogen-bond acceptors (Lipinski definition) is 2. The summed E-state index contributed by atoms with van der Waals surface area (Å²) in [6.45, 7) is 0. The van der Waals surface area contributed by atoms with E-state index in [1.54, 1.807) is 0 Å². The van der Waals surface area contributed by atoms with Crippen molar-refractivity contribution in [3.63, 3.8) is 0 Å². The van der Waals surface area contributed by atoms with Gasteiger partial charge in [-0.15, -0.1) is 0 Å². The summed E-state index contributed by atoms with van der Waals surface area (Å²) in [5, 5.41) is 3.05. The van der Waals surface area contributed by atoms with Crippen LogP contribution in [0.5, 0.6) is 0 Å². The zero-order valence-electron chi connectivity index (χ0n) is 10.2. The van der Waals surface area contributed by atoms with Gasteiger partial charge in [-0.2, -0.15) is 0 Å². The fourth-order valence-corrected chi connectivity index (χ4v) is 2.54. The van der Waals surface area contributed by atoms with Gasteiger partial charge in [0, 0.05) is 10.2 Å². The second-order valence-electron chi connectivity index (χ2n) is 4.13. The van der Waals surface area contributed by atoms with E-state index in [1.807, 2.05) is 24.3 Å². The first-order valence-electron chi connectivity index (χ1n) is 5.74. The maximum Gasteiger partial charge on any atom is 0.244 e. The molecule has 104 valence electrons. The van der Waals surface area contributed by atoms with Crippen LogP contribution in [0, 0.1) is 5.82 Å². The molecule has 20 heavy (non-hydrogen) atoms. The summed E-state index contributed by atoms with van der Waals surface area (Å²) in [4.78, 5) is 11.6. The molecule has 0 radical (unpaired) electrons. The minimum atomic E-state index is -0.745. The van der Waals surface area contributed by atoms with E-state index in [9.17, 15) is 9.18 Å². The average molecular weight is 402 g/mol. The number of hydrogen-bond donors (Lipinski definition) is 2. The fraction of sp³-hybridized carbons (Fsp3) is 0.0714. The molecule has 0 saturated carbocycles. The zero-order chi connectivity index (χ0) is 14.7. The van der Waals surface area contributed by atoms with Crippen LogP contribution >= 0.6 is 31.9 Å². The lowest BCUT2D eigenvalue weighted by molar-refractivity contribution is -0.118. The topological polar surface area (TPSA) is 55.1 Å². The monoisotopic (exact) mass is 400 g/mol. The van der Waals surface area contributed by atoms with Crippen LogP contribution in [0.15, 0.2) is 51.4 Å². The third kappa shape index (κ3) is 3.37. The Morgan fingerprint density at radius 1 is 1.15 bits per heavy atom. The van der Waals surface area contributed by atoms with Gasteiger partial charge in [-0.25, -0.2) is 4.39 Å². The zero-order valence-corrected chi connectivity index (χ0v) is 13.4. The van der Waals surface area contributed by atoms with Gasteiger partial charge in [0.2, 0.25) is 5.91 Å². The summed E-state index contributed by atoms with van der Waals surface area (Å²) >= 11 is 6.49. The predicted molar refractivity (Wildman–Crippen MR) is 83.8 cm³/mol. The van der Waals surface area contributed by atoms with E-state index in [0.717, 1.165) is 10.2 Å². The van der Waals surface area contributed by atoms with Crippen molar-refractivity contribution in [3.05, 3.63) is 62.8 Å². The van der Waals surface area contributed by atoms with Crippen LogP contribution in [0.2, 0.25) is 0 Å². The number of para-hydroxylation sites is 1. The molecule has 0 spiro atoms. The molecule has 2 rings (SSSR count). The van der Waals surface area contributed by atoms with E-state index in [1.165, 1.54) is 18.2 Å². The number of nitrogens with two attached hydrogens (primary N) is 1. The van der Waals surface area contributed by atoms with Crippen LogP contribution < -0.4 is 11.1 Å². The Hall–Kier alpha value is -1.40. The Kier molecular flexibility index (Phi) is 4.77. The highest BCUT2D eigenvalue weighted by Gasteiger charge is 2.19. The first-order chi connectivity index (χ1) is 9.49. The summed E-state index contributed by atoms with van der Waals surface area (Å²) in [5.41, 5.74) is 6.75. The lowest BCUT2D eigenvalue weighted by Crippen LogP contribution is -2.27. The first-order valence-corrected chi connectivity index (χ1v) is 7.33. The highest BCUT2D eigenvalue weighted by molar-refractivity contribution is 9.10. The van der Waals surface area contributed by atoms with Gasteiger partial charge in [0.1, 0.15) is 11.9 Å². The van der Waals surface area contributed by atoms with Gasteiger partial charge in [0.25, 0.3) is 0 Å². The van der Waals surface area contributed by atoms with Gasteiger partial charge in [-0.3, -0.25) is 4.79 Å². The number of rotatable bonds is 4. The van der Waals surface area contributed by atoms with E-state index in [2.05, 4.69) is 37.2 Å². The van der Waals surface area contributed by atoms with E-state index in [0.29, 0.717) is 5.56 Å². The number of carbonyl (C=O) groups is 1. The van der Waals surface area contributed by atoms with Crippen LogP contribution in [0.3, 0.4) is 0 Å². The largest absolute Gasteiger partial charge is 0.369 e. The molecule has 1 atom stereocenters. The average Bonchev–Trinajstić information content (AvgIpc) is 2.41. The van der Waals surface area contributed by atoms with Gasteiger partial charge >= 0.3 is 0 Å². The van der Waals surface area contributed by atoms with Gasteiger partial charge in [0.15, 0.2) is 0 Å². The van der Waals surface area contributed by atoms with Crippen molar-refractivity contribution < 1.29 is 9.18 Å². The highest BCUT2D eigenvalue weighted by atomic mass is 79.9. The molecule has 0 aliphatic carbocycles. The fourth-order valence-electron chi connectivity index (χ4n) is 1.74. The van der Waals surface area contributed by atoms with Crippen LogP contribution in [0.4, 0.5) is 10.1 Å². The molecule has 0 saturated heterocycles. The molecule has 0 aliphatic heterocycles. The van der Waals surface area contributed by atoms with Crippen molar-refractivity contribution in [1.29, 1.82) is 0 Å². The molecule has 1 unspecified atom stereocenters. The summed E-state index contributed by atoms with van der Waals surface area (Å²) in [5.74, 6) is -0.933. The van der Waals surface area contributed by atoms with Gasteiger partial charge in [-0.05, 0) is 61.7 Å². The number of carbonyl (C=O) groups excluding carboxylic acids is 1. The molecule has 1 amide bonds. The van der Waals surface area contributed by atoms with Crippen molar-refractivity contribution >= 4 is 43.5 Å². The molecular weight excluding hydrogens is 391 g/mol. The summed E-state index contributed by atoms with van der Waals surface area (Å²) in [7, 11) is 0. The Bertz CT molecular complexity index is 649. The van der Waals surface area contributed by atoms with Crippen molar-refractivity contribution in [1.82, 2.24) is 0 Å². The van der Waals surface area contributed by atoms with E-state index in [-0.39, 0.29) is 4.47 Å². The summed E-state index contributed by atoms with van der Waals surface area (Å²) in [6.07, 6.45) is 0. The minimum Gasteiger partial charge on any atom is -0.369 e. The number of benzene rings is 2. The number of primary amides is 1. The molecule has 0 aromatic heterocycles. The van der Waals surface area contributed by atoms with Crippen molar-refractivity contribution in [2.75, 3.05) is 5.32 Å². The Morgan fingerprint density at radius 2 is 1.85 bits per heavy atom. The van der Waals surface area contributed by atoms with Crippen molar-refractivity contribution in [3.8, 4) is 0 Å². The molecule has 6 heteroatoms. The SMILES string of the molecule is NC(=O)C(Nc1ccccc1Br)c1ccc(F)c(Br)c1. The number of nitrogens with one attached hydrogen (secondary N) is 1. The Balaban J connectivity index is 2.34. The molecular formula is C14H11Br2FN2O. The van der Waals surface area contributed by atoms with Crippen LogP contribution in [-0.4, -0.2) is 5.91 Å². The maximum atomic E-state index is 13.3. The second kappa shape index (κ2) is 6.37. The standard InChI is InChI=1S/C14H11Br2FN2O/c15-9-3-1-2-4-12(9)19-13(14(18)20)8-5-6-11(17)10(16)7-8/h1-7,13,19H,(H2,18,20). The maximum absolute atomic E-state index is 13.3. The predicted octanol–water partition coefficient (Wildman–Crippen LogP) is 3.99. The lowest BCUT2D eigenvalue weighted by atomic mass is 10.1. The molecule has 3 nitrogen and oxygen atoms in total. The molecule has 2 aromatic carbocycles. The van der Waals surface area contributed by atoms with Gasteiger partial charge in [0.05, 0.1) is 4.47 Å². The van der Waals surface area contributed by atoms with Crippen LogP contribution in [0.25, 0.3) is 0 Å². The number of anilines is 1. The Labute approximate surface area is 132 Å². The molecule has 0 fully saturated rings. The molecule has 0 heterocycles. The summed E-state index contributed by atoms with van der Waals surface area (Å²) in [6, 6.07) is 11.0. The quantitative estimate of drug-likeness (QED) is 0.813. The highest BCUT2D eigenvalue weighted by Crippen LogP contribution is 2.28. The van der Waals surface area contributed by atoms with E-state index in [4.69, 9.17) is 5.73 Å². The normalized spacial score (nSPS) is 11.9. The third-order valence-electron chi connectivity index (χ3n) is 2.74. The van der Waals surface area contributed by atoms with E-state index >= 15 is 0 Å². The van der Waals surface area contributed by atoms with E-state index < -0.39 is 17.8 Å². The number of amides is 1. The first kappa shape index (κ1) is 15.0. The van der Waals surface area contributed by atoms with Crippen molar-refractivity contribution in [2.24, 2.45) is 5.73 Å². The molecule has 3 N–H and O–H groups in total. The van der Waals surface area contributed by atoms with Gasteiger partial charge in [-0.1, -0.05) is 18.2 Å². The van der Waals surface area contributed by atoms with Crippen LogP contribution in [-0.2, 0) is 4.79 Å². The molecule has 2 aromatic rings. The smallest absolute Gasteiger partial charge is 0.244 e. The number of halogens is 3. The van der Waals surface area contributed by atoms with Crippen molar-refractivity contribution in [2.45, 2.75) is 6.04 Å². The summed E-state index contributed by atoms with van der Waals surface area (Å²) < 4.78 is 14.4. The molecule has 0 bridgehead atoms. The third-order valence-corrected chi connectivity index (χ3v) is 4.03. The Morgan fingerprint density at radius 3 is 2.45 bits per heavy atom. The van der Waals surface area contributed by atoms with Gasteiger partial charge < -0.3 is 11.1 Å². The van der Waals surface area contributed by atoms with Crippen LogP contribution in [0.1, 0.15) is 11.6 Å².